The summed E-state index contributed by atoms with van der Waals surface area (Å²) >= 11 is 1.75. The van der Waals surface area contributed by atoms with Crippen molar-refractivity contribution in [1.82, 2.24) is 0 Å². The van der Waals surface area contributed by atoms with Gasteiger partial charge in [-0.3, -0.25) is 4.79 Å². The second-order valence-corrected chi connectivity index (χ2v) is 5.51. The average molecular weight is 278 g/mol. The summed E-state index contributed by atoms with van der Waals surface area (Å²) in [5.74, 6) is 0.0603. The van der Waals surface area contributed by atoms with Gasteiger partial charge in [0.15, 0.2) is 5.78 Å². The average Bonchev–Trinajstić information content (AvgIpc) is 2.92. The number of carbonyl (C=O) groups is 1. The third kappa shape index (κ3) is 2.70. The molecular weight excluding hydrogens is 264 g/mol. The Balaban J connectivity index is 1.73. The molecule has 0 atom stereocenters. The van der Waals surface area contributed by atoms with E-state index in [9.17, 15) is 4.79 Å². The van der Waals surface area contributed by atoms with Crippen molar-refractivity contribution in [2.75, 3.05) is 0 Å². The molecule has 0 aliphatic heterocycles. The summed E-state index contributed by atoms with van der Waals surface area (Å²) < 4.78 is 1.30. The summed E-state index contributed by atoms with van der Waals surface area (Å²) in [5.41, 5.74) is 2.02. The molecule has 0 unspecified atom stereocenters. The Bertz CT molecular complexity index is 753. The molecule has 3 aromatic rings. The van der Waals surface area contributed by atoms with E-state index < -0.39 is 0 Å². The van der Waals surface area contributed by atoms with Gasteiger partial charge in [0.05, 0.1) is 0 Å². The number of allylic oxidation sites excluding steroid dienone is 2. The SMILES string of the molecule is O=C(/C=C/Cc1csc2ccccc12)c1ccccc1. The molecule has 1 nitrogen and oxygen atoms in total. The molecular formula is C18H14OS. The molecule has 0 amide bonds. The molecule has 0 N–H and O–H groups in total. The van der Waals surface area contributed by atoms with Crippen molar-refractivity contribution in [2.24, 2.45) is 0 Å². The summed E-state index contributed by atoms with van der Waals surface area (Å²) in [4.78, 5) is 12.0. The summed E-state index contributed by atoms with van der Waals surface area (Å²) in [6, 6.07) is 17.7. The van der Waals surface area contributed by atoms with Crippen LogP contribution in [0.1, 0.15) is 15.9 Å². The summed E-state index contributed by atoms with van der Waals surface area (Å²) in [5, 5.41) is 3.46. The van der Waals surface area contributed by atoms with E-state index in [-0.39, 0.29) is 5.78 Å². The standard InChI is InChI=1S/C18H14OS/c19-17(14-7-2-1-3-8-14)11-6-9-15-13-20-18-12-5-4-10-16(15)18/h1-8,10-13H,9H2/b11-6+. The van der Waals surface area contributed by atoms with E-state index in [1.54, 1.807) is 17.4 Å². The zero-order valence-corrected chi connectivity index (χ0v) is 11.8. The second kappa shape index (κ2) is 5.85. The molecule has 98 valence electrons. The van der Waals surface area contributed by atoms with Crippen molar-refractivity contribution in [3.8, 4) is 0 Å². The van der Waals surface area contributed by atoms with Crippen molar-refractivity contribution in [3.05, 3.63) is 83.3 Å². The summed E-state index contributed by atoms with van der Waals surface area (Å²) in [6.07, 6.45) is 4.41. The lowest BCUT2D eigenvalue weighted by molar-refractivity contribution is 0.104. The molecule has 3 rings (SSSR count). The highest BCUT2D eigenvalue weighted by molar-refractivity contribution is 7.17. The number of thiophene rings is 1. The number of carbonyl (C=O) groups excluding carboxylic acids is 1. The Labute approximate surface area is 122 Å². The van der Waals surface area contributed by atoms with Crippen LogP contribution in [-0.4, -0.2) is 5.78 Å². The van der Waals surface area contributed by atoms with Crippen LogP contribution < -0.4 is 0 Å². The molecule has 2 aromatic carbocycles. The van der Waals surface area contributed by atoms with Crippen molar-refractivity contribution >= 4 is 27.2 Å². The monoisotopic (exact) mass is 278 g/mol. The Morgan fingerprint density at radius 2 is 1.75 bits per heavy atom. The molecule has 0 bridgehead atoms. The molecule has 0 radical (unpaired) electrons. The first-order valence-electron chi connectivity index (χ1n) is 6.55. The fourth-order valence-electron chi connectivity index (χ4n) is 2.18. The quantitative estimate of drug-likeness (QED) is 0.491. The molecule has 0 aliphatic rings. The Hall–Kier alpha value is -2.19. The molecule has 1 aromatic heterocycles. The zero-order valence-electron chi connectivity index (χ0n) is 11.0. The highest BCUT2D eigenvalue weighted by Gasteiger charge is 2.02. The van der Waals surface area contributed by atoms with Crippen LogP contribution in [0, 0.1) is 0 Å². The highest BCUT2D eigenvalue weighted by Crippen LogP contribution is 2.26. The molecule has 0 fully saturated rings. The maximum absolute atomic E-state index is 12.0. The number of fused-ring (bicyclic) bond motifs is 1. The Morgan fingerprint density at radius 1 is 1.00 bits per heavy atom. The lowest BCUT2D eigenvalue weighted by Gasteiger charge is -1.95. The second-order valence-electron chi connectivity index (χ2n) is 4.59. The number of hydrogen-bond donors (Lipinski definition) is 0. The van der Waals surface area contributed by atoms with Gasteiger partial charge in [0.25, 0.3) is 0 Å². The van der Waals surface area contributed by atoms with Gasteiger partial charge in [0, 0.05) is 10.3 Å². The lowest BCUT2D eigenvalue weighted by atomic mass is 10.1. The molecule has 0 saturated carbocycles. The van der Waals surface area contributed by atoms with Gasteiger partial charge in [0.2, 0.25) is 0 Å². The van der Waals surface area contributed by atoms with Crippen LogP contribution in [0.5, 0.6) is 0 Å². The number of ketones is 1. The smallest absolute Gasteiger partial charge is 0.185 e. The minimum Gasteiger partial charge on any atom is -0.289 e. The molecule has 1 heterocycles. The predicted octanol–water partition coefficient (Wildman–Crippen LogP) is 4.88. The third-order valence-corrected chi connectivity index (χ3v) is 4.24. The van der Waals surface area contributed by atoms with E-state index in [0.29, 0.717) is 0 Å². The van der Waals surface area contributed by atoms with E-state index in [4.69, 9.17) is 0 Å². The van der Waals surface area contributed by atoms with Crippen molar-refractivity contribution in [3.63, 3.8) is 0 Å². The van der Waals surface area contributed by atoms with Crippen molar-refractivity contribution in [1.29, 1.82) is 0 Å². The first kappa shape index (κ1) is 12.8. The largest absolute Gasteiger partial charge is 0.289 e. The number of rotatable bonds is 4. The maximum Gasteiger partial charge on any atom is 0.185 e. The van der Waals surface area contributed by atoms with Gasteiger partial charge in [-0.1, -0.05) is 54.6 Å². The van der Waals surface area contributed by atoms with Crippen molar-refractivity contribution in [2.45, 2.75) is 6.42 Å². The van der Waals surface area contributed by atoms with Gasteiger partial charge in [-0.25, -0.2) is 0 Å². The van der Waals surface area contributed by atoms with Gasteiger partial charge in [0.1, 0.15) is 0 Å². The van der Waals surface area contributed by atoms with Gasteiger partial charge in [-0.2, -0.15) is 0 Å². The van der Waals surface area contributed by atoms with Crippen LogP contribution >= 0.6 is 11.3 Å². The van der Waals surface area contributed by atoms with Crippen LogP contribution in [0.3, 0.4) is 0 Å². The normalized spacial score (nSPS) is 11.2. The molecule has 0 aliphatic carbocycles. The van der Waals surface area contributed by atoms with Gasteiger partial charge < -0.3 is 0 Å². The highest BCUT2D eigenvalue weighted by atomic mass is 32.1. The number of hydrogen-bond acceptors (Lipinski definition) is 2. The zero-order chi connectivity index (χ0) is 13.8. The fourth-order valence-corrected chi connectivity index (χ4v) is 3.16. The first-order valence-corrected chi connectivity index (χ1v) is 7.43. The van der Waals surface area contributed by atoms with Crippen LogP contribution in [0.15, 0.2) is 72.1 Å². The van der Waals surface area contributed by atoms with Crippen molar-refractivity contribution < 1.29 is 4.79 Å². The minimum atomic E-state index is 0.0603. The summed E-state index contributed by atoms with van der Waals surface area (Å²) in [6.45, 7) is 0. The Morgan fingerprint density at radius 3 is 2.60 bits per heavy atom. The van der Waals surface area contributed by atoms with E-state index in [0.717, 1.165) is 12.0 Å². The van der Waals surface area contributed by atoms with Crippen LogP contribution in [0.25, 0.3) is 10.1 Å². The van der Waals surface area contributed by atoms with E-state index in [2.05, 4.69) is 29.6 Å². The predicted molar refractivity (Wildman–Crippen MR) is 85.4 cm³/mol. The van der Waals surface area contributed by atoms with Crippen LogP contribution in [-0.2, 0) is 6.42 Å². The fraction of sp³-hybridized carbons (Fsp3) is 0.0556. The molecule has 0 spiro atoms. The molecule has 20 heavy (non-hydrogen) atoms. The minimum absolute atomic E-state index is 0.0603. The van der Waals surface area contributed by atoms with Gasteiger partial charge >= 0.3 is 0 Å². The topological polar surface area (TPSA) is 17.1 Å². The van der Waals surface area contributed by atoms with Gasteiger partial charge in [-0.15, -0.1) is 11.3 Å². The number of benzene rings is 2. The maximum atomic E-state index is 12.0. The van der Waals surface area contributed by atoms with E-state index in [1.807, 2.05) is 36.4 Å². The Kier molecular flexibility index (Phi) is 3.75. The third-order valence-electron chi connectivity index (χ3n) is 3.23. The van der Waals surface area contributed by atoms with Crippen LogP contribution in [0.2, 0.25) is 0 Å². The molecule has 0 saturated heterocycles. The first-order chi connectivity index (χ1) is 9.84. The molecule has 2 heteroatoms. The van der Waals surface area contributed by atoms with Crippen LogP contribution in [0.4, 0.5) is 0 Å². The lowest BCUT2D eigenvalue weighted by Crippen LogP contribution is -1.93. The van der Waals surface area contributed by atoms with E-state index in [1.165, 1.54) is 15.6 Å². The van der Waals surface area contributed by atoms with Gasteiger partial charge in [-0.05, 0) is 34.9 Å². The van der Waals surface area contributed by atoms with E-state index >= 15 is 0 Å². The summed E-state index contributed by atoms with van der Waals surface area (Å²) in [7, 11) is 0.